The van der Waals surface area contributed by atoms with Gasteiger partial charge in [0.1, 0.15) is 5.78 Å². The maximum Gasteiger partial charge on any atom is 0.134 e. The van der Waals surface area contributed by atoms with Gasteiger partial charge in [-0.3, -0.25) is 9.48 Å². The molecular formula is C14H24N4O. The summed E-state index contributed by atoms with van der Waals surface area (Å²) < 4.78 is 1.84. The number of Topliss-reactive ketones (excluding diaryl/α,β-unsaturated/α-hetero) is 1. The summed E-state index contributed by atoms with van der Waals surface area (Å²) in [7, 11) is 6.16. The number of nitrogens with zero attached hydrogens (tertiary/aromatic N) is 4. The van der Waals surface area contributed by atoms with Crippen LogP contribution in [0.15, 0.2) is 12.3 Å². The first kappa shape index (κ1) is 14.2. The molecule has 1 saturated heterocycles. The van der Waals surface area contributed by atoms with Crippen molar-refractivity contribution in [1.29, 1.82) is 0 Å². The molecule has 1 aromatic rings. The van der Waals surface area contributed by atoms with Crippen molar-refractivity contribution in [2.75, 3.05) is 33.7 Å². The van der Waals surface area contributed by atoms with Crippen LogP contribution in [0.3, 0.4) is 0 Å². The molecule has 0 spiro atoms. The molecule has 5 heteroatoms. The summed E-state index contributed by atoms with van der Waals surface area (Å²) in [4.78, 5) is 16.7. The average molecular weight is 264 g/mol. The van der Waals surface area contributed by atoms with Gasteiger partial charge in [0, 0.05) is 57.5 Å². The van der Waals surface area contributed by atoms with Crippen LogP contribution in [0.5, 0.6) is 0 Å². The first-order chi connectivity index (χ1) is 9.06. The van der Waals surface area contributed by atoms with Gasteiger partial charge in [-0.2, -0.15) is 5.10 Å². The number of hydrogen-bond donors (Lipinski definition) is 0. The summed E-state index contributed by atoms with van der Waals surface area (Å²) in [5.74, 6) is 0.355. The van der Waals surface area contributed by atoms with Crippen molar-refractivity contribution in [3.63, 3.8) is 0 Å². The Hall–Kier alpha value is -1.20. The second-order valence-electron chi connectivity index (χ2n) is 5.59. The number of carbonyl (C=O) groups excluding carboxylic acids is 1. The number of carbonyl (C=O) groups is 1. The molecule has 19 heavy (non-hydrogen) atoms. The third-order valence-corrected chi connectivity index (χ3v) is 4.03. The van der Waals surface area contributed by atoms with Gasteiger partial charge >= 0.3 is 0 Å². The van der Waals surface area contributed by atoms with Crippen LogP contribution in [0.4, 0.5) is 0 Å². The van der Waals surface area contributed by atoms with E-state index in [4.69, 9.17) is 0 Å². The number of aromatic nitrogens is 2. The molecule has 1 aliphatic rings. The highest BCUT2D eigenvalue weighted by Crippen LogP contribution is 2.12. The minimum absolute atomic E-state index is 0.355. The van der Waals surface area contributed by atoms with E-state index in [1.807, 2.05) is 17.8 Å². The summed E-state index contributed by atoms with van der Waals surface area (Å²) in [6.45, 7) is 3.14. The van der Waals surface area contributed by atoms with Crippen molar-refractivity contribution in [2.45, 2.75) is 25.3 Å². The van der Waals surface area contributed by atoms with Crippen LogP contribution < -0.4 is 0 Å². The number of hydrogen-bond acceptors (Lipinski definition) is 4. The topological polar surface area (TPSA) is 41.4 Å². The minimum Gasteiger partial charge on any atom is -0.304 e. The van der Waals surface area contributed by atoms with Crippen molar-refractivity contribution >= 4 is 5.78 Å². The Morgan fingerprint density at radius 1 is 1.37 bits per heavy atom. The Morgan fingerprint density at radius 3 is 2.84 bits per heavy atom. The van der Waals surface area contributed by atoms with E-state index in [0.29, 0.717) is 24.7 Å². The molecule has 2 rings (SSSR count). The van der Waals surface area contributed by atoms with E-state index in [9.17, 15) is 4.79 Å². The Morgan fingerprint density at radius 2 is 2.16 bits per heavy atom. The number of aryl methyl sites for hydroxylation is 2. The van der Waals surface area contributed by atoms with Crippen molar-refractivity contribution < 1.29 is 4.79 Å². The fraction of sp³-hybridized carbons (Fsp3) is 0.714. The molecule has 0 N–H and O–H groups in total. The lowest BCUT2D eigenvalue weighted by Gasteiger charge is -2.37. The zero-order chi connectivity index (χ0) is 13.8. The fourth-order valence-corrected chi connectivity index (χ4v) is 2.60. The SMILES string of the molecule is CN1CCN(C)C(CC(=O)CCc2ccnn2C)C1. The zero-order valence-electron chi connectivity index (χ0n) is 12.2. The highest BCUT2D eigenvalue weighted by Gasteiger charge is 2.24. The van der Waals surface area contributed by atoms with Crippen LogP contribution in [0, 0.1) is 0 Å². The van der Waals surface area contributed by atoms with Crippen LogP contribution in [0.1, 0.15) is 18.5 Å². The third-order valence-electron chi connectivity index (χ3n) is 4.03. The molecule has 0 aliphatic carbocycles. The molecule has 1 atom stereocenters. The maximum atomic E-state index is 12.1. The number of piperazine rings is 1. The molecule has 1 aromatic heterocycles. The predicted octanol–water partition coefficient (Wildman–Crippen LogP) is 0.558. The molecule has 2 heterocycles. The Kier molecular flexibility index (Phi) is 4.71. The van der Waals surface area contributed by atoms with E-state index in [2.05, 4.69) is 29.0 Å². The summed E-state index contributed by atoms with van der Waals surface area (Å²) in [5.41, 5.74) is 1.13. The lowest BCUT2D eigenvalue weighted by molar-refractivity contribution is -0.120. The van der Waals surface area contributed by atoms with Gasteiger partial charge in [-0.05, 0) is 26.6 Å². The quantitative estimate of drug-likeness (QED) is 0.779. The summed E-state index contributed by atoms with van der Waals surface area (Å²) in [5, 5.41) is 4.12. The standard InChI is InChI=1S/C14H24N4O/c1-16-8-9-17(2)13(11-16)10-14(19)5-4-12-6-7-15-18(12)3/h6-7,13H,4-5,8-11H2,1-3H3. The summed E-state index contributed by atoms with van der Waals surface area (Å²) in [6, 6.07) is 2.35. The average Bonchev–Trinajstić information content (AvgIpc) is 2.77. The van der Waals surface area contributed by atoms with E-state index in [-0.39, 0.29) is 0 Å². The molecule has 1 aliphatic heterocycles. The van der Waals surface area contributed by atoms with Crippen LogP contribution in [0.2, 0.25) is 0 Å². The van der Waals surface area contributed by atoms with Gasteiger partial charge in [0.25, 0.3) is 0 Å². The monoisotopic (exact) mass is 264 g/mol. The van der Waals surface area contributed by atoms with E-state index >= 15 is 0 Å². The largest absolute Gasteiger partial charge is 0.304 e. The first-order valence-electron chi connectivity index (χ1n) is 6.93. The number of ketones is 1. The van der Waals surface area contributed by atoms with E-state index in [1.165, 1.54) is 0 Å². The molecule has 1 unspecified atom stereocenters. The van der Waals surface area contributed by atoms with Gasteiger partial charge < -0.3 is 9.80 Å². The lowest BCUT2D eigenvalue weighted by atomic mass is 10.0. The van der Waals surface area contributed by atoms with Crippen LogP contribution in [-0.4, -0.2) is 65.1 Å². The van der Waals surface area contributed by atoms with Crippen molar-refractivity contribution in [1.82, 2.24) is 19.6 Å². The van der Waals surface area contributed by atoms with Crippen molar-refractivity contribution in [3.05, 3.63) is 18.0 Å². The van der Waals surface area contributed by atoms with Crippen LogP contribution in [0.25, 0.3) is 0 Å². The Bertz CT molecular complexity index is 429. The number of rotatable bonds is 5. The predicted molar refractivity (Wildman–Crippen MR) is 75.1 cm³/mol. The van der Waals surface area contributed by atoms with Gasteiger partial charge in [-0.15, -0.1) is 0 Å². The van der Waals surface area contributed by atoms with Gasteiger partial charge in [0.2, 0.25) is 0 Å². The van der Waals surface area contributed by atoms with Gasteiger partial charge in [-0.1, -0.05) is 0 Å². The van der Waals surface area contributed by atoms with Crippen LogP contribution in [-0.2, 0) is 18.3 Å². The molecule has 5 nitrogen and oxygen atoms in total. The second kappa shape index (κ2) is 6.30. The molecule has 0 bridgehead atoms. The molecule has 106 valence electrons. The first-order valence-corrected chi connectivity index (χ1v) is 6.93. The van der Waals surface area contributed by atoms with Crippen molar-refractivity contribution in [3.8, 4) is 0 Å². The minimum atomic E-state index is 0.355. The highest BCUT2D eigenvalue weighted by molar-refractivity contribution is 5.79. The van der Waals surface area contributed by atoms with Gasteiger partial charge in [0.05, 0.1) is 0 Å². The zero-order valence-corrected chi connectivity index (χ0v) is 12.2. The molecule has 0 saturated carbocycles. The van der Waals surface area contributed by atoms with E-state index in [0.717, 1.165) is 31.7 Å². The maximum absolute atomic E-state index is 12.1. The number of likely N-dealkylation sites (N-methyl/N-ethyl adjacent to an activating group) is 2. The molecule has 0 radical (unpaired) electrons. The fourth-order valence-electron chi connectivity index (χ4n) is 2.60. The van der Waals surface area contributed by atoms with E-state index < -0.39 is 0 Å². The van der Waals surface area contributed by atoms with Crippen LogP contribution >= 0.6 is 0 Å². The molecular weight excluding hydrogens is 240 g/mol. The normalized spacial score (nSPS) is 21.7. The van der Waals surface area contributed by atoms with Gasteiger partial charge in [-0.25, -0.2) is 0 Å². The molecule has 0 amide bonds. The smallest absolute Gasteiger partial charge is 0.134 e. The Labute approximate surface area is 115 Å². The van der Waals surface area contributed by atoms with E-state index in [1.54, 1.807) is 6.20 Å². The van der Waals surface area contributed by atoms with Crippen molar-refractivity contribution in [2.24, 2.45) is 7.05 Å². The highest BCUT2D eigenvalue weighted by atomic mass is 16.1. The lowest BCUT2D eigenvalue weighted by Crippen LogP contribution is -2.50. The van der Waals surface area contributed by atoms with Gasteiger partial charge in [0.15, 0.2) is 0 Å². The molecule has 1 fully saturated rings. The summed E-state index contributed by atoms with van der Waals surface area (Å²) in [6.07, 6.45) is 3.86. The Balaban J connectivity index is 1.79. The second-order valence-corrected chi connectivity index (χ2v) is 5.59. The summed E-state index contributed by atoms with van der Waals surface area (Å²) >= 11 is 0. The molecule has 0 aromatic carbocycles. The third kappa shape index (κ3) is 3.88.